The van der Waals surface area contributed by atoms with Gasteiger partial charge in [-0.2, -0.15) is 0 Å². The molecule has 2 heterocycles. The minimum Gasteiger partial charge on any atom is -0.508 e. The molecule has 1 saturated heterocycles. The Hall–Kier alpha value is -4.82. The summed E-state index contributed by atoms with van der Waals surface area (Å²) in [7, 11) is 0. The van der Waals surface area contributed by atoms with Crippen LogP contribution >= 0.6 is 0 Å². The summed E-state index contributed by atoms with van der Waals surface area (Å²) in [5.74, 6) is -3.82. The van der Waals surface area contributed by atoms with Crippen molar-refractivity contribution in [1.29, 1.82) is 0 Å². The molecule has 1 aliphatic rings. The molecule has 4 aromatic rings. The molecule has 13 nitrogen and oxygen atoms in total. The number of hydrogen-bond donors (Lipinski definition) is 8. The number of hydrogen-bond acceptors (Lipinski definition) is 13. The molecule has 1 fully saturated rings. The number of aromatic hydroxyl groups is 5. The van der Waals surface area contributed by atoms with Gasteiger partial charge in [-0.05, 0) is 29.8 Å². The molecule has 41 heavy (non-hydrogen) atoms. The van der Waals surface area contributed by atoms with Crippen molar-refractivity contribution in [2.24, 2.45) is 0 Å². The highest BCUT2D eigenvalue weighted by molar-refractivity contribution is 5.96. The highest BCUT2D eigenvalue weighted by Gasteiger charge is 2.49. The highest BCUT2D eigenvalue weighted by atomic mass is 16.6. The van der Waals surface area contributed by atoms with Crippen molar-refractivity contribution < 1.29 is 59.5 Å². The molecule has 1 aromatic heterocycles. The van der Waals surface area contributed by atoms with E-state index in [1.165, 1.54) is 30.3 Å². The van der Waals surface area contributed by atoms with E-state index in [2.05, 4.69) is 0 Å². The number of ether oxygens (including phenoxy) is 2. The molecule has 0 bridgehead atoms. The van der Waals surface area contributed by atoms with Crippen LogP contribution in [0.3, 0.4) is 0 Å². The molecule has 0 amide bonds. The van der Waals surface area contributed by atoms with Gasteiger partial charge in [0, 0.05) is 18.2 Å². The Labute approximate surface area is 229 Å². The lowest BCUT2D eigenvalue weighted by Gasteiger charge is -2.42. The summed E-state index contributed by atoms with van der Waals surface area (Å²) >= 11 is 0. The van der Waals surface area contributed by atoms with Crippen molar-refractivity contribution in [3.63, 3.8) is 0 Å². The molecular formula is C28H24O13. The molecule has 214 valence electrons. The number of esters is 1. The van der Waals surface area contributed by atoms with Gasteiger partial charge in [-0.15, -0.1) is 0 Å². The number of benzene rings is 3. The van der Waals surface area contributed by atoms with Crippen LogP contribution in [0.4, 0.5) is 0 Å². The molecule has 13 heteroatoms. The van der Waals surface area contributed by atoms with E-state index in [1.54, 1.807) is 0 Å². The second-order valence-electron chi connectivity index (χ2n) is 9.38. The average Bonchev–Trinajstić information content (AvgIpc) is 2.93. The number of carbonyl (C=O) groups is 1. The SMILES string of the molecule is O=C(C=Cc1ccc(O)cc1)O[C@H]1[C@@H](O)[C@H](O)[C@@H](CO)O[C@H]1c1c(O)cc2oc3cc(O)c(O)cc3c(=O)c2c1O. The zero-order chi connectivity index (χ0) is 29.6. The third-order valence-electron chi connectivity index (χ3n) is 6.76. The molecule has 8 N–H and O–H groups in total. The maximum absolute atomic E-state index is 13.3. The summed E-state index contributed by atoms with van der Waals surface area (Å²) in [6, 6.07) is 8.65. The number of fused-ring (bicyclic) bond motifs is 2. The lowest BCUT2D eigenvalue weighted by Crippen LogP contribution is -2.56. The summed E-state index contributed by atoms with van der Waals surface area (Å²) in [6.07, 6.45) is -6.20. The van der Waals surface area contributed by atoms with Gasteiger partial charge in [-0.1, -0.05) is 12.1 Å². The van der Waals surface area contributed by atoms with Crippen LogP contribution in [0.2, 0.25) is 0 Å². The highest BCUT2D eigenvalue weighted by Crippen LogP contribution is 2.46. The number of carbonyl (C=O) groups excluding carboxylic acids is 1. The minimum absolute atomic E-state index is 0.00875. The number of rotatable bonds is 5. The largest absolute Gasteiger partial charge is 0.508 e. The quantitative estimate of drug-likeness (QED) is 0.0735. The number of phenolic OH excluding ortho intramolecular Hbond substituents is 5. The summed E-state index contributed by atoms with van der Waals surface area (Å²) in [4.78, 5) is 26.0. The predicted octanol–water partition coefficient (Wildman–Crippen LogP) is 1.25. The van der Waals surface area contributed by atoms with Crippen molar-refractivity contribution in [2.75, 3.05) is 6.61 Å². The third kappa shape index (κ3) is 4.98. The van der Waals surface area contributed by atoms with E-state index < -0.39 is 82.5 Å². The van der Waals surface area contributed by atoms with Gasteiger partial charge in [0.2, 0.25) is 5.43 Å². The lowest BCUT2D eigenvalue weighted by molar-refractivity contribution is -0.240. The molecule has 3 aromatic carbocycles. The van der Waals surface area contributed by atoms with Crippen molar-refractivity contribution in [1.82, 2.24) is 0 Å². The van der Waals surface area contributed by atoms with Crippen LogP contribution in [0, 0.1) is 0 Å². The number of aliphatic hydroxyl groups excluding tert-OH is 3. The normalized spacial score (nSPS) is 22.9. The van der Waals surface area contributed by atoms with Gasteiger partial charge < -0.3 is 54.7 Å². The van der Waals surface area contributed by atoms with E-state index in [1.807, 2.05) is 0 Å². The zero-order valence-corrected chi connectivity index (χ0v) is 20.9. The maximum Gasteiger partial charge on any atom is 0.331 e. The first-order valence-corrected chi connectivity index (χ1v) is 12.2. The van der Waals surface area contributed by atoms with E-state index in [0.717, 1.165) is 24.3 Å². The summed E-state index contributed by atoms with van der Waals surface area (Å²) in [6.45, 7) is -0.805. The van der Waals surface area contributed by atoms with Gasteiger partial charge in [0.15, 0.2) is 17.6 Å². The summed E-state index contributed by atoms with van der Waals surface area (Å²) < 4.78 is 16.6. The van der Waals surface area contributed by atoms with E-state index >= 15 is 0 Å². The molecule has 5 rings (SSSR count). The average molecular weight is 568 g/mol. The van der Waals surface area contributed by atoms with Crippen molar-refractivity contribution >= 4 is 34.0 Å². The Morgan fingerprint density at radius 2 is 1.56 bits per heavy atom. The summed E-state index contributed by atoms with van der Waals surface area (Å²) in [5, 5.41) is 81.3. The van der Waals surface area contributed by atoms with E-state index in [9.17, 15) is 50.4 Å². The van der Waals surface area contributed by atoms with Crippen LogP contribution in [0.15, 0.2) is 57.8 Å². The van der Waals surface area contributed by atoms with E-state index in [0.29, 0.717) is 5.56 Å². The molecular weight excluding hydrogens is 544 g/mol. The fourth-order valence-corrected chi connectivity index (χ4v) is 4.68. The monoisotopic (exact) mass is 568 g/mol. The van der Waals surface area contributed by atoms with E-state index in [-0.39, 0.29) is 22.3 Å². The van der Waals surface area contributed by atoms with Gasteiger partial charge in [0.25, 0.3) is 0 Å². The van der Waals surface area contributed by atoms with Crippen LogP contribution < -0.4 is 5.43 Å². The second-order valence-corrected chi connectivity index (χ2v) is 9.38. The molecule has 5 atom stereocenters. The Bertz CT molecular complexity index is 1720. The molecule has 0 unspecified atom stereocenters. The second kappa shape index (κ2) is 10.6. The number of aliphatic hydroxyl groups is 3. The van der Waals surface area contributed by atoms with Gasteiger partial charge in [0.05, 0.1) is 17.6 Å². The van der Waals surface area contributed by atoms with E-state index in [4.69, 9.17) is 13.9 Å². The Kier molecular flexibility index (Phi) is 7.19. The first-order valence-electron chi connectivity index (χ1n) is 12.2. The van der Waals surface area contributed by atoms with Crippen LogP contribution in [0.1, 0.15) is 17.2 Å². The molecule has 0 saturated carbocycles. The van der Waals surface area contributed by atoms with Gasteiger partial charge in [0.1, 0.15) is 58.2 Å². The Morgan fingerprint density at radius 3 is 2.24 bits per heavy atom. The van der Waals surface area contributed by atoms with Crippen molar-refractivity contribution in [3.8, 4) is 28.7 Å². The smallest absolute Gasteiger partial charge is 0.331 e. The lowest BCUT2D eigenvalue weighted by atomic mass is 9.89. The first-order chi connectivity index (χ1) is 19.5. The van der Waals surface area contributed by atoms with Crippen LogP contribution in [0.5, 0.6) is 28.7 Å². The van der Waals surface area contributed by atoms with Crippen LogP contribution in [0.25, 0.3) is 28.0 Å². The maximum atomic E-state index is 13.3. The van der Waals surface area contributed by atoms with Crippen LogP contribution in [-0.2, 0) is 14.3 Å². The Balaban J connectivity index is 1.59. The number of phenols is 5. The topological polar surface area (TPSA) is 228 Å². The van der Waals surface area contributed by atoms with Gasteiger partial charge in [-0.3, -0.25) is 4.79 Å². The predicted molar refractivity (Wildman–Crippen MR) is 140 cm³/mol. The standard InChI is InChI=1S/C28H24O13/c29-10-19-24(36)26(38)28(41-20(34)6-3-11-1-4-12(30)5-2-11)27(40-19)21-16(33)9-18-22(25(21)37)23(35)13-7-14(31)15(32)8-17(13)39-18/h1-9,19,24,26-33,36-38H,10H2/t19-,24-,26+,27+,28+/m1/s1. The van der Waals surface area contributed by atoms with Gasteiger partial charge >= 0.3 is 5.97 Å². The van der Waals surface area contributed by atoms with Gasteiger partial charge in [-0.25, -0.2) is 4.79 Å². The molecule has 0 spiro atoms. The summed E-state index contributed by atoms with van der Waals surface area (Å²) in [5.41, 5.74) is -1.34. The van der Waals surface area contributed by atoms with Crippen molar-refractivity contribution in [2.45, 2.75) is 30.5 Å². The fraction of sp³-hybridized carbons (Fsp3) is 0.214. The zero-order valence-electron chi connectivity index (χ0n) is 20.9. The first kappa shape index (κ1) is 27.7. The molecule has 1 aliphatic heterocycles. The molecule has 0 radical (unpaired) electrons. The van der Waals surface area contributed by atoms with Crippen LogP contribution in [-0.4, -0.2) is 77.8 Å². The Morgan fingerprint density at radius 1 is 0.902 bits per heavy atom. The minimum atomic E-state index is -1.88. The third-order valence-corrected chi connectivity index (χ3v) is 6.76. The molecule has 0 aliphatic carbocycles. The van der Waals surface area contributed by atoms with Crippen molar-refractivity contribution in [3.05, 3.63) is 69.9 Å². The fourth-order valence-electron chi connectivity index (χ4n) is 4.68.